The van der Waals surface area contributed by atoms with E-state index in [2.05, 4.69) is 0 Å². The van der Waals surface area contributed by atoms with Gasteiger partial charge in [0.1, 0.15) is 17.2 Å². The Balaban J connectivity index is 2.14. The summed E-state index contributed by atoms with van der Waals surface area (Å²) >= 11 is 1.40. The van der Waals surface area contributed by atoms with E-state index >= 15 is 0 Å². The van der Waals surface area contributed by atoms with Crippen molar-refractivity contribution in [3.05, 3.63) is 29.8 Å². The Labute approximate surface area is 156 Å². The summed E-state index contributed by atoms with van der Waals surface area (Å²) in [5.74, 6) is -0.852. The van der Waals surface area contributed by atoms with E-state index in [0.717, 1.165) is 5.56 Å². The van der Waals surface area contributed by atoms with Gasteiger partial charge in [-0.2, -0.15) is 0 Å². The molecule has 2 atom stereocenters. The van der Waals surface area contributed by atoms with E-state index < -0.39 is 23.4 Å². The van der Waals surface area contributed by atoms with Crippen LogP contribution in [0, 0.1) is 0 Å². The van der Waals surface area contributed by atoms with Gasteiger partial charge in [0.05, 0.1) is 19.6 Å². The first kappa shape index (κ1) is 20.1. The number of aliphatic carboxylic acids is 1. The molecule has 2 rings (SSSR count). The van der Waals surface area contributed by atoms with Gasteiger partial charge in [0.15, 0.2) is 0 Å². The average Bonchev–Trinajstić information content (AvgIpc) is 3.06. The van der Waals surface area contributed by atoms with Gasteiger partial charge in [0.25, 0.3) is 0 Å². The Bertz CT molecular complexity index is 648. The SMILES string of the molecule is CCOC(=O)CCC(=O)N1C(C(=O)O)CSC1c1ccc(OCC)cc1. The number of carbonyl (C=O) groups excluding carboxylic acids is 2. The molecule has 26 heavy (non-hydrogen) atoms. The normalized spacial score (nSPS) is 19.2. The number of thioether (sulfide) groups is 1. The van der Waals surface area contributed by atoms with Crippen molar-refractivity contribution in [2.24, 2.45) is 0 Å². The van der Waals surface area contributed by atoms with Crippen LogP contribution >= 0.6 is 11.8 Å². The van der Waals surface area contributed by atoms with Crippen molar-refractivity contribution in [2.45, 2.75) is 38.1 Å². The first-order valence-electron chi connectivity index (χ1n) is 8.51. The minimum absolute atomic E-state index is 0.0593. The van der Waals surface area contributed by atoms with Crippen molar-refractivity contribution in [1.29, 1.82) is 0 Å². The van der Waals surface area contributed by atoms with Crippen LogP contribution in [0.25, 0.3) is 0 Å². The van der Waals surface area contributed by atoms with Gasteiger partial charge >= 0.3 is 11.9 Å². The van der Waals surface area contributed by atoms with Crippen LogP contribution < -0.4 is 4.74 Å². The van der Waals surface area contributed by atoms with E-state index in [1.807, 2.05) is 19.1 Å². The zero-order valence-electron chi connectivity index (χ0n) is 14.8. The van der Waals surface area contributed by atoms with Gasteiger partial charge in [-0.05, 0) is 31.5 Å². The second-order valence-corrected chi connectivity index (χ2v) is 6.76. The Morgan fingerprint density at radius 2 is 1.85 bits per heavy atom. The number of esters is 1. The Hall–Kier alpha value is -2.22. The van der Waals surface area contributed by atoms with Gasteiger partial charge in [0.2, 0.25) is 5.91 Å². The van der Waals surface area contributed by atoms with Crippen molar-refractivity contribution in [1.82, 2.24) is 4.90 Å². The second kappa shape index (κ2) is 9.47. The monoisotopic (exact) mass is 381 g/mol. The highest BCUT2D eigenvalue weighted by Crippen LogP contribution is 2.42. The lowest BCUT2D eigenvalue weighted by Crippen LogP contribution is -2.43. The van der Waals surface area contributed by atoms with E-state index in [-0.39, 0.29) is 25.4 Å². The molecule has 1 fully saturated rings. The van der Waals surface area contributed by atoms with E-state index in [1.165, 1.54) is 16.7 Å². The predicted molar refractivity (Wildman–Crippen MR) is 96.9 cm³/mol. The van der Waals surface area contributed by atoms with Crippen LogP contribution in [0.5, 0.6) is 5.75 Å². The Morgan fingerprint density at radius 3 is 2.42 bits per heavy atom. The molecular formula is C18H23NO6S. The summed E-state index contributed by atoms with van der Waals surface area (Å²) in [7, 11) is 0. The molecule has 0 aromatic heterocycles. The summed E-state index contributed by atoms with van der Waals surface area (Å²) in [5, 5.41) is 9.05. The van der Waals surface area contributed by atoms with Crippen molar-refractivity contribution in [3.63, 3.8) is 0 Å². The Morgan fingerprint density at radius 1 is 1.15 bits per heavy atom. The van der Waals surface area contributed by atoms with Crippen molar-refractivity contribution < 1.29 is 29.0 Å². The van der Waals surface area contributed by atoms with Crippen molar-refractivity contribution in [2.75, 3.05) is 19.0 Å². The largest absolute Gasteiger partial charge is 0.494 e. The number of carboxylic acid groups (broad SMARTS) is 1. The fourth-order valence-electron chi connectivity index (χ4n) is 2.72. The third-order valence-corrected chi connectivity index (χ3v) is 5.22. The maximum absolute atomic E-state index is 12.6. The summed E-state index contributed by atoms with van der Waals surface area (Å²) in [5.41, 5.74) is 0.826. The highest BCUT2D eigenvalue weighted by molar-refractivity contribution is 7.99. The first-order chi connectivity index (χ1) is 12.5. The van der Waals surface area contributed by atoms with Gasteiger partial charge in [-0.25, -0.2) is 4.79 Å². The molecule has 8 heteroatoms. The summed E-state index contributed by atoms with van der Waals surface area (Å²) < 4.78 is 10.2. The minimum atomic E-state index is -1.05. The van der Waals surface area contributed by atoms with Gasteiger partial charge < -0.3 is 19.5 Å². The molecule has 0 saturated carbocycles. The molecule has 0 spiro atoms. The van der Waals surface area contributed by atoms with Gasteiger partial charge in [-0.1, -0.05) is 12.1 Å². The molecule has 7 nitrogen and oxygen atoms in total. The molecule has 1 heterocycles. The summed E-state index contributed by atoms with van der Waals surface area (Å²) in [6.07, 6.45) is -0.132. The second-order valence-electron chi connectivity index (χ2n) is 5.65. The number of hydrogen-bond acceptors (Lipinski definition) is 6. The van der Waals surface area contributed by atoms with Crippen molar-refractivity contribution >= 4 is 29.6 Å². The van der Waals surface area contributed by atoms with E-state index in [0.29, 0.717) is 18.1 Å². The van der Waals surface area contributed by atoms with Crippen LogP contribution in [0.4, 0.5) is 0 Å². The quantitative estimate of drug-likeness (QED) is 0.691. The van der Waals surface area contributed by atoms with E-state index in [1.54, 1.807) is 19.1 Å². The molecule has 0 radical (unpaired) electrons. The maximum atomic E-state index is 12.6. The standard InChI is InChI=1S/C18H23NO6S/c1-3-24-13-7-5-12(6-8-13)17-19(14(11-26-17)18(22)23)15(20)9-10-16(21)25-4-2/h5-8,14,17H,3-4,9-11H2,1-2H3,(H,22,23). The fraction of sp³-hybridized carbons (Fsp3) is 0.500. The number of nitrogens with zero attached hydrogens (tertiary/aromatic N) is 1. The number of carbonyl (C=O) groups is 3. The van der Waals surface area contributed by atoms with E-state index in [4.69, 9.17) is 9.47 Å². The number of benzene rings is 1. The smallest absolute Gasteiger partial charge is 0.327 e. The lowest BCUT2D eigenvalue weighted by molar-refractivity contribution is -0.150. The zero-order chi connectivity index (χ0) is 19.1. The van der Waals surface area contributed by atoms with E-state index in [9.17, 15) is 19.5 Å². The van der Waals surface area contributed by atoms with Gasteiger partial charge in [-0.3, -0.25) is 9.59 Å². The van der Waals surface area contributed by atoms with Crippen LogP contribution in [0.15, 0.2) is 24.3 Å². The van der Waals surface area contributed by atoms with Gasteiger partial charge in [-0.15, -0.1) is 11.8 Å². The molecule has 0 aliphatic carbocycles. The predicted octanol–water partition coefficient (Wildman–Crippen LogP) is 2.46. The molecular weight excluding hydrogens is 358 g/mol. The topological polar surface area (TPSA) is 93.1 Å². The molecule has 1 aromatic carbocycles. The van der Waals surface area contributed by atoms with Crippen LogP contribution in [0.2, 0.25) is 0 Å². The molecule has 0 bridgehead atoms. The molecule has 1 saturated heterocycles. The van der Waals surface area contributed by atoms with Crippen LogP contribution in [0.1, 0.15) is 37.6 Å². The lowest BCUT2D eigenvalue weighted by Gasteiger charge is -2.27. The van der Waals surface area contributed by atoms with Crippen LogP contribution in [0.3, 0.4) is 0 Å². The van der Waals surface area contributed by atoms with Crippen LogP contribution in [-0.4, -0.2) is 52.9 Å². The molecule has 1 amide bonds. The maximum Gasteiger partial charge on any atom is 0.327 e. The Kier molecular flexibility index (Phi) is 7.32. The highest BCUT2D eigenvalue weighted by atomic mass is 32.2. The average molecular weight is 381 g/mol. The minimum Gasteiger partial charge on any atom is -0.494 e. The van der Waals surface area contributed by atoms with Crippen molar-refractivity contribution in [3.8, 4) is 5.75 Å². The third-order valence-electron chi connectivity index (χ3n) is 3.90. The third kappa shape index (κ3) is 4.91. The number of hydrogen-bond donors (Lipinski definition) is 1. The summed E-state index contributed by atoms with van der Waals surface area (Å²) in [6, 6.07) is 6.35. The molecule has 1 aromatic rings. The fourth-order valence-corrected chi connectivity index (χ4v) is 4.17. The van der Waals surface area contributed by atoms with Crippen LogP contribution in [-0.2, 0) is 19.1 Å². The molecule has 2 unspecified atom stereocenters. The highest BCUT2D eigenvalue weighted by Gasteiger charge is 2.42. The zero-order valence-corrected chi connectivity index (χ0v) is 15.7. The van der Waals surface area contributed by atoms with Gasteiger partial charge in [0, 0.05) is 12.2 Å². The number of rotatable bonds is 8. The molecule has 1 N–H and O–H groups in total. The number of ether oxygens (including phenoxy) is 2. The molecule has 142 valence electrons. The summed E-state index contributed by atoms with van der Waals surface area (Å²) in [4.78, 5) is 37.1. The summed E-state index contributed by atoms with van der Waals surface area (Å²) in [6.45, 7) is 4.39. The molecule has 1 aliphatic heterocycles. The lowest BCUT2D eigenvalue weighted by atomic mass is 10.1. The number of amides is 1. The molecule has 1 aliphatic rings. The first-order valence-corrected chi connectivity index (χ1v) is 9.56. The number of carboxylic acids is 1.